The van der Waals surface area contributed by atoms with Crippen LogP contribution in [0.5, 0.6) is 5.75 Å². The first-order chi connectivity index (χ1) is 13.3. The van der Waals surface area contributed by atoms with Crippen LogP contribution < -0.4 is 10.1 Å². The molecule has 0 heterocycles. The number of hydrogen-bond donors (Lipinski definition) is 1. The van der Waals surface area contributed by atoms with Gasteiger partial charge >= 0.3 is 0 Å². The predicted molar refractivity (Wildman–Crippen MR) is 104 cm³/mol. The summed E-state index contributed by atoms with van der Waals surface area (Å²) in [4.78, 5) is 36.6. The molecule has 0 spiro atoms. The minimum atomic E-state index is -0.778. The molecule has 1 N–H and O–H groups in total. The lowest BCUT2D eigenvalue weighted by Gasteiger charge is -2.22. The molecule has 1 atom stereocenters. The monoisotopic (exact) mass is 385 g/mol. The van der Waals surface area contributed by atoms with Gasteiger partial charge in [-0.25, -0.2) is 0 Å². The number of nitrogens with one attached hydrogen (secondary N) is 1. The Bertz CT molecular complexity index is 851. The minimum Gasteiger partial charge on any atom is -0.494 e. The third-order valence-electron chi connectivity index (χ3n) is 4.07. The number of rotatable bonds is 8. The molecule has 28 heavy (non-hydrogen) atoms. The maximum atomic E-state index is 12.5. The van der Waals surface area contributed by atoms with Gasteiger partial charge in [0.25, 0.3) is 11.6 Å². The number of carbonyl (C=O) groups is 2. The predicted octanol–water partition coefficient (Wildman–Crippen LogP) is 2.77. The lowest BCUT2D eigenvalue weighted by Crippen LogP contribution is -2.45. The topological polar surface area (TPSA) is 102 Å². The molecule has 0 bridgehead atoms. The standard InChI is InChI=1S/C20H23N3O5/c1-4-28-18-10-8-15(9-11-18)13-22(3)20(25)14(2)21-19(24)16-6-5-7-17(12-16)23(26)27/h5-12,14H,4,13H2,1-3H3,(H,21,24). The van der Waals surface area contributed by atoms with Gasteiger partial charge < -0.3 is 15.0 Å². The van der Waals surface area contributed by atoms with E-state index in [1.54, 1.807) is 14.0 Å². The van der Waals surface area contributed by atoms with Crippen molar-refractivity contribution in [3.63, 3.8) is 0 Å². The largest absolute Gasteiger partial charge is 0.494 e. The van der Waals surface area contributed by atoms with Crippen LogP contribution in [0.25, 0.3) is 0 Å². The first-order valence-electron chi connectivity index (χ1n) is 8.83. The average Bonchev–Trinajstić information content (AvgIpc) is 2.69. The Morgan fingerprint density at radius 3 is 2.50 bits per heavy atom. The third kappa shape index (κ3) is 5.54. The number of hydrogen-bond acceptors (Lipinski definition) is 5. The second-order valence-electron chi connectivity index (χ2n) is 6.27. The highest BCUT2D eigenvalue weighted by Crippen LogP contribution is 2.15. The second kappa shape index (κ2) is 9.50. The van der Waals surface area contributed by atoms with Crippen LogP contribution in [-0.4, -0.2) is 41.3 Å². The van der Waals surface area contributed by atoms with Crippen LogP contribution in [-0.2, 0) is 11.3 Å². The number of carbonyl (C=O) groups excluding carboxylic acids is 2. The van der Waals surface area contributed by atoms with Gasteiger partial charge in [-0.15, -0.1) is 0 Å². The molecular weight excluding hydrogens is 362 g/mol. The maximum Gasteiger partial charge on any atom is 0.270 e. The molecule has 8 heteroatoms. The van der Waals surface area contributed by atoms with E-state index in [1.807, 2.05) is 31.2 Å². The van der Waals surface area contributed by atoms with Gasteiger partial charge in [0.2, 0.25) is 5.91 Å². The van der Waals surface area contributed by atoms with Crippen LogP contribution in [0, 0.1) is 10.1 Å². The zero-order chi connectivity index (χ0) is 20.7. The summed E-state index contributed by atoms with van der Waals surface area (Å²) in [5.41, 5.74) is 0.874. The van der Waals surface area contributed by atoms with E-state index >= 15 is 0 Å². The fourth-order valence-electron chi connectivity index (χ4n) is 2.64. The van der Waals surface area contributed by atoms with Crippen molar-refractivity contribution >= 4 is 17.5 Å². The maximum absolute atomic E-state index is 12.5. The molecule has 2 aromatic carbocycles. The number of benzene rings is 2. The quantitative estimate of drug-likeness (QED) is 0.556. The van der Waals surface area contributed by atoms with Crippen molar-refractivity contribution in [1.82, 2.24) is 10.2 Å². The van der Waals surface area contributed by atoms with Crippen molar-refractivity contribution in [2.45, 2.75) is 26.4 Å². The summed E-state index contributed by atoms with van der Waals surface area (Å²) in [6.45, 7) is 4.44. The number of non-ortho nitro benzene ring substituents is 1. The molecule has 0 saturated heterocycles. The number of nitro groups is 1. The number of nitrogens with zero attached hydrogens (tertiary/aromatic N) is 2. The van der Waals surface area contributed by atoms with Gasteiger partial charge in [-0.2, -0.15) is 0 Å². The van der Waals surface area contributed by atoms with Crippen molar-refractivity contribution in [2.24, 2.45) is 0 Å². The van der Waals surface area contributed by atoms with Crippen LogP contribution in [0.1, 0.15) is 29.8 Å². The molecule has 2 rings (SSSR count). The Kier molecular flexibility index (Phi) is 7.08. The van der Waals surface area contributed by atoms with Gasteiger partial charge in [-0.1, -0.05) is 18.2 Å². The molecule has 8 nitrogen and oxygen atoms in total. The summed E-state index contributed by atoms with van der Waals surface area (Å²) in [7, 11) is 1.65. The highest BCUT2D eigenvalue weighted by Gasteiger charge is 2.21. The van der Waals surface area contributed by atoms with Crippen molar-refractivity contribution in [3.05, 3.63) is 69.8 Å². The highest BCUT2D eigenvalue weighted by molar-refractivity contribution is 5.97. The minimum absolute atomic E-state index is 0.128. The van der Waals surface area contributed by atoms with E-state index in [9.17, 15) is 19.7 Å². The molecular formula is C20H23N3O5. The number of likely N-dealkylation sites (N-methyl/N-ethyl adjacent to an activating group) is 1. The van der Waals surface area contributed by atoms with Crippen molar-refractivity contribution in [1.29, 1.82) is 0 Å². The molecule has 0 aliphatic heterocycles. The summed E-state index contributed by atoms with van der Waals surface area (Å²) in [5, 5.41) is 13.4. The smallest absolute Gasteiger partial charge is 0.270 e. The fraction of sp³-hybridized carbons (Fsp3) is 0.300. The summed E-state index contributed by atoms with van der Waals surface area (Å²) >= 11 is 0. The van der Waals surface area contributed by atoms with Crippen molar-refractivity contribution in [2.75, 3.05) is 13.7 Å². The normalized spacial score (nSPS) is 11.4. The first-order valence-corrected chi connectivity index (χ1v) is 8.83. The van der Waals surface area contributed by atoms with E-state index in [-0.39, 0.29) is 17.2 Å². The Balaban J connectivity index is 1.96. The van der Waals surface area contributed by atoms with Crippen LogP contribution >= 0.6 is 0 Å². The van der Waals surface area contributed by atoms with Crippen molar-refractivity contribution < 1.29 is 19.2 Å². The van der Waals surface area contributed by atoms with Gasteiger partial charge in [0.05, 0.1) is 11.5 Å². The Morgan fingerprint density at radius 2 is 1.89 bits per heavy atom. The molecule has 0 fully saturated rings. The average molecular weight is 385 g/mol. The second-order valence-corrected chi connectivity index (χ2v) is 6.27. The summed E-state index contributed by atoms with van der Waals surface area (Å²) in [6, 6.07) is 12.0. The van der Waals surface area contributed by atoms with E-state index in [0.717, 1.165) is 11.3 Å². The molecule has 0 aromatic heterocycles. The van der Waals surface area contributed by atoms with E-state index in [0.29, 0.717) is 13.2 Å². The van der Waals surface area contributed by atoms with E-state index in [4.69, 9.17) is 4.74 Å². The van der Waals surface area contributed by atoms with Crippen LogP contribution in [0.15, 0.2) is 48.5 Å². The molecule has 0 aliphatic carbocycles. The lowest BCUT2D eigenvalue weighted by molar-refractivity contribution is -0.384. The van der Waals surface area contributed by atoms with E-state index in [2.05, 4.69) is 5.32 Å². The van der Waals surface area contributed by atoms with Gasteiger partial charge in [0.1, 0.15) is 11.8 Å². The Morgan fingerprint density at radius 1 is 1.21 bits per heavy atom. The van der Waals surface area contributed by atoms with Crippen molar-refractivity contribution in [3.8, 4) is 5.75 Å². The number of ether oxygens (including phenoxy) is 1. The van der Waals surface area contributed by atoms with Crippen LogP contribution in [0.3, 0.4) is 0 Å². The first kappa shape index (κ1) is 20.9. The molecule has 148 valence electrons. The Labute approximate surface area is 163 Å². The molecule has 0 aliphatic rings. The molecule has 0 radical (unpaired) electrons. The molecule has 2 aromatic rings. The fourth-order valence-corrected chi connectivity index (χ4v) is 2.64. The Hall–Kier alpha value is -3.42. The summed E-state index contributed by atoms with van der Waals surface area (Å²) in [5.74, 6) is -0.0514. The van der Waals surface area contributed by atoms with Gasteiger partial charge in [-0.05, 0) is 37.6 Å². The van der Waals surface area contributed by atoms with Crippen LogP contribution in [0.4, 0.5) is 5.69 Å². The molecule has 1 unspecified atom stereocenters. The highest BCUT2D eigenvalue weighted by atomic mass is 16.6. The van der Waals surface area contributed by atoms with E-state index < -0.39 is 16.9 Å². The van der Waals surface area contributed by atoms with Crippen LogP contribution in [0.2, 0.25) is 0 Å². The van der Waals surface area contributed by atoms with Gasteiger partial charge in [0.15, 0.2) is 0 Å². The SMILES string of the molecule is CCOc1ccc(CN(C)C(=O)C(C)NC(=O)c2cccc([N+](=O)[O-])c2)cc1. The van der Waals surface area contributed by atoms with Gasteiger partial charge in [0, 0.05) is 31.3 Å². The zero-order valence-electron chi connectivity index (χ0n) is 16.0. The third-order valence-corrected chi connectivity index (χ3v) is 4.07. The zero-order valence-corrected chi connectivity index (χ0v) is 16.0. The number of nitro benzene ring substituents is 1. The van der Waals surface area contributed by atoms with Gasteiger partial charge in [-0.3, -0.25) is 19.7 Å². The summed E-state index contributed by atoms with van der Waals surface area (Å²) in [6.07, 6.45) is 0. The molecule has 2 amide bonds. The lowest BCUT2D eigenvalue weighted by atomic mass is 10.1. The van der Waals surface area contributed by atoms with E-state index in [1.165, 1.54) is 29.2 Å². The number of amides is 2. The molecule has 0 saturated carbocycles. The summed E-state index contributed by atoms with van der Waals surface area (Å²) < 4.78 is 5.39.